The summed E-state index contributed by atoms with van der Waals surface area (Å²) < 4.78 is 29.1. The summed E-state index contributed by atoms with van der Waals surface area (Å²) in [6.07, 6.45) is 0.557. The van der Waals surface area contributed by atoms with Crippen LogP contribution in [-0.4, -0.2) is 43.8 Å². The number of hydrogen-bond donors (Lipinski definition) is 1. The number of hydrogen-bond acceptors (Lipinski definition) is 4. The molecule has 0 radical (unpaired) electrons. The van der Waals surface area contributed by atoms with Crippen molar-refractivity contribution in [3.05, 3.63) is 93.5 Å². The lowest BCUT2D eigenvalue weighted by molar-refractivity contribution is -0.139. The van der Waals surface area contributed by atoms with Crippen LogP contribution in [0.15, 0.2) is 71.6 Å². The summed E-state index contributed by atoms with van der Waals surface area (Å²) in [5.41, 5.74) is 2.66. The van der Waals surface area contributed by atoms with E-state index in [1.807, 2.05) is 39.8 Å². The van der Waals surface area contributed by atoms with E-state index < -0.39 is 28.5 Å². The maximum atomic E-state index is 14.0. The Morgan fingerprint density at radius 2 is 1.57 bits per heavy atom. The lowest BCUT2D eigenvalue weighted by atomic mass is 10.1. The van der Waals surface area contributed by atoms with Gasteiger partial charge in [0.1, 0.15) is 12.6 Å². The molecule has 7 nitrogen and oxygen atoms in total. The summed E-state index contributed by atoms with van der Waals surface area (Å²) in [5, 5.41) is 3.60. The molecule has 0 aliphatic rings. The standard InChI is InChI=1S/C30H35Cl2N3O4S/c1-6-23-9-7-8-10-28(23)35(40(38,39)26-15-11-21(4)12-16-26)19-29(36)34(22(5)30(37)33-20(2)3)18-24-13-14-25(31)17-27(24)32/h7-17,20,22H,6,18-19H2,1-5H3,(H,33,37)/t22-/m0/s1. The lowest BCUT2D eigenvalue weighted by Gasteiger charge is -2.33. The Kier molecular flexibility index (Phi) is 10.6. The second-order valence-electron chi connectivity index (χ2n) is 9.90. The fourth-order valence-corrected chi connectivity index (χ4v) is 6.15. The van der Waals surface area contributed by atoms with E-state index in [9.17, 15) is 18.0 Å². The van der Waals surface area contributed by atoms with Gasteiger partial charge in [0.25, 0.3) is 10.0 Å². The molecule has 3 aromatic rings. The Morgan fingerprint density at radius 1 is 0.925 bits per heavy atom. The van der Waals surface area contributed by atoms with Gasteiger partial charge in [-0.3, -0.25) is 13.9 Å². The predicted octanol–water partition coefficient (Wildman–Crippen LogP) is 6.00. The highest BCUT2D eigenvalue weighted by molar-refractivity contribution is 7.92. The van der Waals surface area contributed by atoms with E-state index in [4.69, 9.17) is 23.2 Å². The molecule has 3 rings (SSSR count). The summed E-state index contributed by atoms with van der Waals surface area (Å²) >= 11 is 12.5. The van der Waals surface area contributed by atoms with E-state index in [2.05, 4.69) is 5.32 Å². The van der Waals surface area contributed by atoms with Crippen molar-refractivity contribution >= 4 is 50.7 Å². The van der Waals surface area contributed by atoms with Gasteiger partial charge in [0.05, 0.1) is 10.6 Å². The highest BCUT2D eigenvalue weighted by Crippen LogP contribution is 2.29. The van der Waals surface area contributed by atoms with Crippen LogP contribution in [0, 0.1) is 6.92 Å². The second-order valence-corrected chi connectivity index (χ2v) is 12.6. The third-order valence-electron chi connectivity index (χ3n) is 6.48. The van der Waals surface area contributed by atoms with E-state index in [1.165, 1.54) is 17.0 Å². The smallest absolute Gasteiger partial charge is 0.264 e. The number of rotatable bonds is 11. The van der Waals surface area contributed by atoms with Crippen LogP contribution in [0.3, 0.4) is 0 Å². The average molecular weight is 605 g/mol. The molecule has 1 N–H and O–H groups in total. The van der Waals surface area contributed by atoms with E-state index >= 15 is 0 Å². The molecule has 1 atom stereocenters. The molecular formula is C30H35Cl2N3O4S. The summed E-state index contributed by atoms with van der Waals surface area (Å²) in [7, 11) is -4.14. The van der Waals surface area contributed by atoms with Crippen LogP contribution < -0.4 is 9.62 Å². The van der Waals surface area contributed by atoms with Crippen LogP contribution in [0.5, 0.6) is 0 Å². The van der Waals surface area contributed by atoms with Gasteiger partial charge >= 0.3 is 0 Å². The fraction of sp³-hybridized carbons (Fsp3) is 0.333. The van der Waals surface area contributed by atoms with E-state index in [-0.39, 0.29) is 23.4 Å². The predicted molar refractivity (Wildman–Crippen MR) is 161 cm³/mol. The maximum Gasteiger partial charge on any atom is 0.264 e. The molecule has 0 unspecified atom stereocenters. The topological polar surface area (TPSA) is 86.8 Å². The number of halogens is 2. The van der Waals surface area contributed by atoms with Crippen LogP contribution in [0.2, 0.25) is 10.0 Å². The van der Waals surface area contributed by atoms with Crippen molar-refractivity contribution in [3.63, 3.8) is 0 Å². The van der Waals surface area contributed by atoms with Crippen LogP contribution >= 0.6 is 23.2 Å². The molecule has 0 heterocycles. The maximum absolute atomic E-state index is 14.0. The van der Waals surface area contributed by atoms with Crippen LogP contribution in [0.25, 0.3) is 0 Å². The Hall–Kier alpha value is -3.07. The van der Waals surface area contributed by atoms with Crippen LogP contribution in [0.4, 0.5) is 5.69 Å². The molecule has 0 saturated heterocycles. The van der Waals surface area contributed by atoms with Crippen molar-refractivity contribution in [2.75, 3.05) is 10.8 Å². The van der Waals surface area contributed by atoms with Crippen LogP contribution in [-0.2, 0) is 32.6 Å². The number of amides is 2. The molecule has 0 bridgehead atoms. The third kappa shape index (κ3) is 7.56. The first kappa shape index (κ1) is 31.5. The molecule has 40 heavy (non-hydrogen) atoms. The minimum atomic E-state index is -4.14. The van der Waals surface area contributed by atoms with Gasteiger partial charge in [-0.1, -0.05) is 72.1 Å². The summed E-state index contributed by atoms with van der Waals surface area (Å²) in [4.78, 5) is 28.5. The van der Waals surface area contributed by atoms with Crippen molar-refractivity contribution < 1.29 is 18.0 Å². The Bertz CT molecular complexity index is 1460. The quantitative estimate of drug-likeness (QED) is 0.291. The first-order valence-electron chi connectivity index (χ1n) is 13.1. The van der Waals surface area contributed by atoms with Gasteiger partial charge < -0.3 is 10.2 Å². The number of benzene rings is 3. The number of anilines is 1. The van der Waals surface area contributed by atoms with Gasteiger partial charge in [-0.05, 0) is 75.6 Å². The third-order valence-corrected chi connectivity index (χ3v) is 8.84. The normalized spacial score (nSPS) is 12.2. The number of para-hydroxylation sites is 1. The molecule has 0 saturated carbocycles. The molecule has 0 spiro atoms. The minimum absolute atomic E-state index is 0.0185. The van der Waals surface area contributed by atoms with Gasteiger partial charge in [-0.15, -0.1) is 0 Å². The summed E-state index contributed by atoms with van der Waals surface area (Å²) in [6.45, 7) is 8.51. The molecule has 10 heteroatoms. The van der Waals surface area contributed by atoms with Gasteiger partial charge in [-0.2, -0.15) is 0 Å². The SMILES string of the molecule is CCc1ccccc1N(CC(=O)N(Cc1ccc(Cl)cc1Cl)[C@@H](C)C(=O)NC(C)C)S(=O)(=O)c1ccc(C)cc1. The van der Waals surface area contributed by atoms with E-state index in [0.29, 0.717) is 27.7 Å². The Morgan fingerprint density at radius 3 is 2.17 bits per heavy atom. The zero-order valence-electron chi connectivity index (χ0n) is 23.3. The molecule has 0 fully saturated rings. The van der Waals surface area contributed by atoms with Gasteiger partial charge in [0, 0.05) is 22.6 Å². The fourth-order valence-electron chi connectivity index (χ4n) is 4.23. The summed E-state index contributed by atoms with van der Waals surface area (Å²) in [5.74, 6) is -0.922. The molecule has 0 aliphatic carbocycles. The molecule has 214 valence electrons. The average Bonchev–Trinajstić information content (AvgIpc) is 2.90. The molecule has 3 aromatic carbocycles. The largest absolute Gasteiger partial charge is 0.352 e. The zero-order valence-corrected chi connectivity index (χ0v) is 25.6. The molecule has 2 amide bonds. The monoisotopic (exact) mass is 603 g/mol. The number of aryl methyl sites for hydroxylation is 2. The van der Waals surface area contributed by atoms with Crippen molar-refractivity contribution in [1.29, 1.82) is 0 Å². The first-order valence-corrected chi connectivity index (χ1v) is 15.3. The van der Waals surface area contributed by atoms with Crippen molar-refractivity contribution in [2.24, 2.45) is 0 Å². The highest BCUT2D eigenvalue weighted by Gasteiger charge is 2.33. The molecular weight excluding hydrogens is 569 g/mol. The van der Waals surface area contributed by atoms with Gasteiger partial charge in [0.2, 0.25) is 11.8 Å². The number of carbonyl (C=O) groups excluding carboxylic acids is 2. The highest BCUT2D eigenvalue weighted by atomic mass is 35.5. The van der Waals surface area contributed by atoms with Crippen molar-refractivity contribution in [3.8, 4) is 0 Å². The second kappa shape index (κ2) is 13.5. The number of sulfonamides is 1. The van der Waals surface area contributed by atoms with Crippen molar-refractivity contribution in [1.82, 2.24) is 10.2 Å². The van der Waals surface area contributed by atoms with Gasteiger partial charge in [0.15, 0.2) is 0 Å². The minimum Gasteiger partial charge on any atom is -0.352 e. The van der Waals surface area contributed by atoms with Crippen molar-refractivity contribution in [2.45, 2.75) is 64.6 Å². The van der Waals surface area contributed by atoms with E-state index in [0.717, 1.165) is 15.4 Å². The molecule has 0 aromatic heterocycles. The number of carbonyl (C=O) groups is 2. The lowest BCUT2D eigenvalue weighted by Crippen LogP contribution is -2.52. The number of nitrogens with zero attached hydrogens (tertiary/aromatic N) is 2. The Labute approximate surface area is 247 Å². The number of nitrogens with one attached hydrogen (secondary N) is 1. The molecule has 0 aliphatic heterocycles. The summed E-state index contributed by atoms with van der Waals surface area (Å²) in [6, 6.07) is 17.4. The van der Waals surface area contributed by atoms with Gasteiger partial charge in [-0.25, -0.2) is 8.42 Å². The van der Waals surface area contributed by atoms with Crippen LogP contribution in [0.1, 0.15) is 44.4 Å². The van der Waals surface area contributed by atoms with E-state index in [1.54, 1.807) is 49.4 Å². The Balaban J connectivity index is 2.09. The zero-order chi connectivity index (χ0) is 29.6. The first-order chi connectivity index (χ1) is 18.8.